The summed E-state index contributed by atoms with van der Waals surface area (Å²) in [4.78, 5) is 42.1. The molecule has 9 nitrogen and oxygen atoms in total. The van der Waals surface area contributed by atoms with Crippen molar-refractivity contribution in [3.05, 3.63) is 65.7 Å². The molecule has 2 heterocycles. The summed E-state index contributed by atoms with van der Waals surface area (Å²) in [6, 6.07) is 16.5. The van der Waals surface area contributed by atoms with Gasteiger partial charge in [-0.05, 0) is 37.1 Å². The zero-order chi connectivity index (χ0) is 26.4. The van der Waals surface area contributed by atoms with Gasteiger partial charge in [0, 0.05) is 19.6 Å². The first-order valence-corrected chi connectivity index (χ1v) is 12.4. The number of fused-ring (bicyclic) bond motifs is 1. The molecule has 0 aromatic heterocycles. The summed E-state index contributed by atoms with van der Waals surface area (Å²) in [5.41, 5.74) is 0.838. The number of morpholine rings is 1. The SMILES string of the molecule is COc1ccc(COC(=O)C(C)(C)CN2C[C@@H]3[C@@H](OCCN3CC(=O)OCc3ccccc3)C2=O)cc1. The fourth-order valence-corrected chi connectivity index (χ4v) is 4.60. The minimum Gasteiger partial charge on any atom is -0.497 e. The molecule has 0 aliphatic carbocycles. The molecule has 2 aromatic rings. The Kier molecular flexibility index (Phi) is 8.45. The number of esters is 2. The van der Waals surface area contributed by atoms with Crippen molar-refractivity contribution >= 4 is 17.8 Å². The second-order valence-electron chi connectivity index (χ2n) is 10.0. The molecule has 0 radical (unpaired) electrons. The van der Waals surface area contributed by atoms with Gasteiger partial charge in [-0.25, -0.2) is 0 Å². The Labute approximate surface area is 217 Å². The summed E-state index contributed by atoms with van der Waals surface area (Å²) in [5, 5.41) is 0. The van der Waals surface area contributed by atoms with Crippen molar-refractivity contribution in [2.45, 2.75) is 39.2 Å². The molecule has 0 saturated carbocycles. The third kappa shape index (κ3) is 6.67. The number of hydrogen-bond acceptors (Lipinski definition) is 8. The maximum absolute atomic E-state index is 13.1. The van der Waals surface area contributed by atoms with Gasteiger partial charge in [-0.15, -0.1) is 0 Å². The van der Waals surface area contributed by atoms with Gasteiger partial charge in [0.15, 0.2) is 6.10 Å². The first-order chi connectivity index (χ1) is 17.8. The van der Waals surface area contributed by atoms with Gasteiger partial charge in [-0.1, -0.05) is 42.5 Å². The molecule has 2 saturated heterocycles. The zero-order valence-corrected chi connectivity index (χ0v) is 21.6. The molecule has 2 fully saturated rings. The van der Waals surface area contributed by atoms with E-state index >= 15 is 0 Å². The van der Waals surface area contributed by atoms with E-state index in [1.54, 1.807) is 25.9 Å². The van der Waals surface area contributed by atoms with E-state index in [0.29, 0.717) is 19.7 Å². The Morgan fingerprint density at radius 2 is 1.68 bits per heavy atom. The van der Waals surface area contributed by atoms with Crippen LogP contribution >= 0.6 is 0 Å². The van der Waals surface area contributed by atoms with E-state index in [0.717, 1.165) is 16.9 Å². The molecule has 9 heteroatoms. The number of methoxy groups -OCH3 is 1. The number of carbonyl (C=O) groups is 3. The number of carbonyl (C=O) groups excluding carboxylic acids is 3. The monoisotopic (exact) mass is 510 g/mol. The zero-order valence-electron chi connectivity index (χ0n) is 21.6. The quantitative estimate of drug-likeness (QED) is 0.450. The first kappa shape index (κ1) is 26.6. The van der Waals surface area contributed by atoms with Crippen LogP contribution in [0.15, 0.2) is 54.6 Å². The molecule has 1 amide bonds. The van der Waals surface area contributed by atoms with Crippen molar-refractivity contribution in [2.75, 3.05) is 39.9 Å². The van der Waals surface area contributed by atoms with E-state index in [1.165, 1.54) is 0 Å². The number of amides is 1. The smallest absolute Gasteiger partial charge is 0.320 e. The summed E-state index contributed by atoms with van der Waals surface area (Å²) in [6.07, 6.45) is -0.665. The highest BCUT2D eigenvalue weighted by molar-refractivity contribution is 5.86. The maximum atomic E-state index is 13.1. The lowest BCUT2D eigenvalue weighted by Crippen LogP contribution is -2.53. The van der Waals surface area contributed by atoms with Crippen molar-refractivity contribution in [3.63, 3.8) is 0 Å². The van der Waals surface area contributed by atoms with Gasteiger partial charge in [0.1, 0.15) is 19.0 Å². The molecule has 4 rings (SSSR count). The average molecular weight is 511 g/mol. The predicted molar refractivity (Wildman–Crippen MR) is 134 cm³/mol. The van der Waals surface area contributed by atoms with Crippen LogP contribution in [0, 0.1) is 5.41 Å². The van der Waals surface area contributed by atoms with E-state index in [1.807, 2.05) is 59.5 Å². The molecular formula is C28H34N2O7. The predicted octanol–water partition coefficient (Wildman–Crippen LogP) is 2.42. The van der Waals surface area contributed by atoms with Gasteiger partial charge >= 0.3 is 11.9 Å². The molecule has 198 valence electrons. The summed E-state index contributed by atoms with van der Waals surface area (Å²) < 4.78 is 21.9. The van der Waals surface area contributed by atoms with E-state index in [2.05, 4.69) is 0 Å². The lowest BCUT2D eigenvalue weighted by molar-refractivity contribution is -0.158. The van der Waals surface area contributed by atoms with Crippen LogP contribution in [0.3, 0.4) is 0 Å². The lowest BCUT2D eigenvalue weighted by Gasteiger charge is -2.34. The van der Waals surface area contributed by atoms with Crippen molar-refractivity contribution in [1.82, 2.24) is 9.80 Å². The first-order valence-electron chi connectivity index (χ1n) is 12.4. The summed E-state index contributed by atoms with van der Waals surface area (Å²) in [7, 11) is 1.59. The van der Waals surface area contributed by atoms with Crippen molar-refractivity contribution in [1.29, 1.82) is 0 Å². The largest absolute Gasteiger partial charge is 0.497 e. The standard InChI is InChI=1S/C28H34N2O7/c1-28(2,27(33)37-18-21-9-11-22(34-3)12-10-21)19-30-15-23-25(26(30)32)35-14-13-29(23)16-24(31)36-17-20-7-5-4-6-8-20/h4-12,23,25H,13-19H2,1-3H3/t23-,25-/m1/s1. The van der Waals surface area contributed by atoms with Gasteiger partial charge in [-0.3, -0.25) is 19.3 Å². The van der Waals surface area contributed by atoms with Crippen LogP contribution < -0.4 is 4.74 Å². The highest BCUT2D eigenvalue weighted by Gasteiger charge is 2.48. The fraction of sp³-hybridized carbons (Fsp3) is 0.464. The van der Waals surface area contributed by atoms with Gasteiger partial charge in [0.2, 0.25) is 0 Å². The molecule has 0 unspecified atom stereocenters. The molecule has 2 aromatic carbocycles. The molecule has 0 spiro atoms. The summed E-state index contributed by atoms with van der Waals surface area (Å²) >= 11 is 0. The number of ether oxygens (including phenoxy) is 4. The van der Waals surface area contributed by atoms with Crippen LogP contribution in [-0.2, 0) is 41.8 Å². The molecule has 0 bridgehead atoms. The second-order valence-corrected chi connectivity index (χ2v) is 10.0. The van der Waals surface area contributed by atoms with Crippen molar-refractivity contribution < 1.29 is 33.3 Å². The summed E-state index contributed by atoms with van der Waals surface area (Å²) in [5.74, 6) is -0.195. The Hall–Kier alpha value is -3.43. The average Bonchev–Trinajstić information content (AvgIpc) is 3.22. The molecule has 2 aliphatic heterocycles. The topological polar surface area (TPSA) is 94.6 Å². The van der Waals surface area contributed by atoms with E-state index < -0.39 is 17.5 Å². The van der Waals surface area contributed by atoms with Crippen LogP contribution in [0.1, 0.15) is 25.0 Å². The van der Waals surface area contributed by atoms with Crippen LogP contribution in [0.5, 0.6) is 5.75 Å². The van der Waals surface area contributed by atoms with E-state index in [-0.39, 0.29) is 44.2 Å². The third-order valence-corrected chi connectivity index (χ3v) is 6.70. The highest BCUT2D eigenvalue weighted by Crippen LogP contribution is 2.29. The molecule has 2 aliphatic rings. The van der Waals surface area contributed by atoms with Gasteiger partial charge in [0.25, 0.3) is 5.91 Å². The molecular weight excluding hydrogens is 476 g/mol. The van der Waals surface area contributed by atoms with Crippen LogP contribution in [-0.4, -0.2) is 79.7 Å². The van der Waals surface area contributed by atoms with Crippen LogP contribution in [0.4, 0.5) is 0 Å². The Bertz CT molecular complexity index is 1090. The second kappa shape index (κ2) is 11.7. The number of likely N-dealkylation sites (tertiary alicyclic amines) is 1. The Morgan fingerprint density at radius 1 is 1.00 bits per heavy atom. The number of hydrogen-bond donors (Lipinski definition) is 0. The minimum absolute atomic E-state index is 0.0752. The van der Waals surface area contributed by atoms with Crippen molar-refractivity contribution in [3.8, 4) is 5.75 Å². The fourth-order valence-electron chi connectivity index (χ4n) is 4.60. The summed E-state index contributed by atoms with van der Waals surface area (Å²) in [6.45, 7) is 5.36. The van der Waals surface area contributed by atoms with E-state index in [9.17, 15) is 14.4 Å². The third-order valence-electron chi connectivity index (χ3n) is 6.70. The number of benzene rings is 2. The number of rotatable bonds is 10. The Morgan fingerprint density at radius 3 is 2.38 bits per heavy atom. The van der Waals surface area contributed by atoms with Crippen molar-refractivity contribution in [2.24, 2.45) is 5.41 Å². The van der Waals surface area contributed by atoms with Gasteiger partial charge < -0.3 is 23.8 Å². The van der Waals surface area contributed by atoms with Gasteiger partial charge in [-0.2, -0.15) is 0 Å². The highest BCUT2D eigenvalue weighted by atomic mass is 16.5. The van der Waals surface area contributed by atoms with Gasteiger partial charge in [0.05, 0.1) is 31.7 Å². The molecule has 0 N–H and O–H groups in total. The van der Waals surface area contributed by atoms with E-state index in [4.69, 9.17) is 18.9 Å². The molecule has 2 atom stereocenters. The maximum Gasteiger partial charge on any atom is 0.320 e. The Balaban J connectivity index is 1.30. The minimum atomic E-state index is -0.922. The molecule has 37 heavy (non-hydrogen) atoms. The van der Waals surface area contributed by atoms with Crippen LogP contribution in [0.25, 0.3) is 0 Å². The van der Waals surface area contributed by atoms with Crippen LogP contribution in [0.2, 0.25) is 0 Å². The number of nitrogens with zero attached hydrogens (tertiary/aromatic N) is 2. The normalized spacial score (nSPS) is 19.9. The lowest BCUT2D eigenvalue weighted by atomic mass is 9.93.